The molecule has 42 heavy (non-hydrogen) atoms. The number of nitrogens with zero attached hydrogens (tertiary/aromatic N) is 2. The van der Waals surface area contributed by atoms with E-state index in [9.17, 15) is 14.7 Å². The molecule has 1 fully saturated rings. The summed E-state index contributed by atoms with van der Waals surface area (Å²) in [7, 11) is -3.42. The predicted molar refractivity (Wildman–Crippen MR) is 181 cm³/mol. The highest BCUT2D eigenvalue weighted by atomic mass is 127. The molecule has 0 unspecified atom stereocenters. The molecule has 222 valence electrons. The molecule has 1 spiro atoms. The van der Waals surface area contributed by atoms with Crippen LogP contribution >= 0.6 is 45.2 Å². The fourth-order valence-electron chi connectivity index (χ4n) is 6.67. The summed E-state index contributed by atoms with van der Waals surface area (Å²) in [4.78, 5) is 31.6. The summed E-state index contributed by atoms with van der Waals surface area (Å²) in [6, 6.07) is 23.5. The Morgan fingerprint density at radius 1 is 1.05 bits per heavy atom. The van der Waals surface area contributed by atoms with Crippen molar-refractivity contribution in [1.82, 2.24) is 4.90 Å². The molecule has 0 aliphatic carbocycles. The van der Waals surface area contributed by atoms with Crippen LogP contribution in [0.2, 0.25) is 18.6 Å². The van der Waals surface area contributed by atoms with Crippen molar-refractivity contribution < 1.29 is 23.5 Å². The first-order valence-electron chi connectivity index (χ1n) is 14.1. The molecule has 2 aliphatic heterocycles. The second kappa shape index (κ2) is 12.6. The van der Waals surface area contributed by atoms with Gasteiger partial charge in [-0.2, -0.15) is 0 Å². The van der Waals surface area contributed by atoms with Crippen LogP contribution in [0.3, 0.4) is 0 Å². The van der Waals surface area contributed by atoms with Gasteiger partial charge in [-0.15, -0.1) is 0 Å². The van der Waals surface area contributed by atoms with Gasteiger partial charge in [0.25, 0.3) is 5.91 Å². The van der Waals surface area contributed by atoms with Crippen LogP contribution in [0.15, 0.2) is 72.8 Å². The standard InChI is InChI=1S/C32H35FI2N2O4Si/c1-21-30(42(2,3)33)28(18-29(39)36(15-16-38)19-22-7-5-4-6-8-22)41-32(21)26-17-25(35)13-14-27(26)37(31(32)40)20-23-9-11-24(34)12-10-23/h4-14,17,21,28,30,38H,15-16,18-20H2,1-3H3/t21-,28+,30-,32+/m0/s1. The molecule has 3 aromatic carbocycles. The van der Waals surface area contributed by atoms with Crippen molar-refractivity contribution in [1.29, 1.82) is 0 Å². The number of hydrogen-bond acceptors (Lipinski definition) is 4. The molecule has 6 nitrogen and oxygen atoms in total. The van der Waals surface area contributed by atoms with Crippen LogP contribution in [-0.2, 0) is 33.0 Å². The maximum Gasteiger partial charge on any atom is 0.264 e. The van der Waals surface area contributed by atoms with Gasteiger partial charge in [0.2, 0.25) is 14.3 Å². The summed E-state index contributed by atoms with van der Waals surface area (Å²) in [5.74, 6) is -0.914. The van der Waals surface area contributed by atoms with Crippen molar-refractivity contribution in [3.63, 3.8) is 0 Å². The number of amides is 2. The molecule has 4 atom stereocenters. The summed E-state index contributed by atoms with van der Waals surface area (Å²) >= 11 is 4.49. The lowest BCUT2D eigenvalue weighted by atomic mass is 9.82. The second-order valence-electron chi connectivity index (χ2n) is 11.7. The lowest BCUT2D eigenvalue weighted by Gasteiger charge is -2.31. The zero-order valence-corrected chi connectivity index (χ0v) is 29.2. The van der Waals surface area contributed by atoms with E-state index in [1.807, 2.05) is 79.7 Å². The van der Waals surface area contributed by atoms with Crippen molar-refractivity contribution in [2.24, 2.45) is 5.92 Å². The zero-order chi connectivity index (χ0) is 30.2. The summed E-state index contributed by atoms with van der Waals surface area (Å²) in [6.07, 6.45) is -0.836. The Kier molecular flexibility index (Phi) is 9.48. The Bertz CT molecular complexity index is 1450. The van der Waals surface area contributed by atoms with Gasteiger partial charge in [-0.3, -0.25) is 9.59 Å². The molecule has 0 saturated carbocycles. The van der Waals surface area contributed by atoms with Gasteiger partial charge in [-0.05, 0) is 99.7 Å². The Morgan fingerprint density at radius 2 is 1.71 bits per heavy atom. The lowest BCUT2D eigenvalue weighted by Crippen LogP contribution is -2.45. The van der Waals surface area contributed by atoms with E-state index >= 15 is 4.11 Å². The van der Waals surface area contributed by atoms with Crippen molar-refractivity contribution >= 4 is 71.1 Å². The topological polar surface area (TPSA) is 70.1 Å². The number of carbonyl (C=O) groups is 2. The van der Waals surface area contributed by atoms with Crippen LogP contribution in [0, 0.1) is 13.1 Å². The number of fused-ring (bicyclic) bond motifs is 2. The minimum atomic E-state index is -3.42. The van der Waals surface area contributed by atoms with Crippen molar-refractivity contribution in [3.8, 4) is 0 Å². The molecule has 2 aliphatic rings. The van der Waals surface area contributed by atoms with Gasteiger partial charge < -0.3 is 23.8 Å². The van der Waals surface area contributed by atoms with E-state index in [0.29, 0.717) is 13.1 Å². The number of rotatable bonds is 9. The highest BCUT2D eigenvalue weighted by Gasteiger charge is 2.67. The molecular weight excluding hydrogens is 777 g/mol. The van der Waals surface area contributed by atoms with Gasteiger partial charge in [0.05, 0.1) is 31.4 Å². The van der Waals surface area contributed by atoms with Crippen molar-refractivity contribution in [2.45, 2.75) is 56.8 Å². The van der Waals surface area contributed by atoms with Gasteiger partial charge in [0, 0.05) is 37.3 Å². The second-order valence-corrected chi connectivity index (χ2v) is 18.0. The molecule has 10 heteroatoms. The first-order chi connectivity index (χ1) is 20.0. The summed E-state index contributed by atoms with van der Waals surface area (Å²) in [6.45, 7) is 5.87. The summed E-state index contributed by atoms with van der Waals surface area (Å²) in [5.41, 5.74) is 1.47. The van der Waals surface area contributed by atoms with Gasteiger partial charge in [0.15, 0.2) is 5.60 Å². The third kappa shape index (κ3) is 6.06. The van der Waals surface area contributed by atoms with E-state index in [-0.39, 0.29) is 31.4 Å². The highest BCUT2D eigenvalue weighted by molar-refractivity contribution is 14.1. The number of hydrogen-bond donors (Lipinski definition) is 1. The van der Waals surface area contributed by atoms with Crippen LogP contribution in [0.5, 0.6) is 0 Å². The van der Waals surface area contributed by atoms with Gasteiger partial charge in [0.1, 0.15) is 0 Å². The molecule has 3 aromatic rings. The third-order valence-electron chi connectivity index (χ3n) is 8.49. The molecule has 1 N–H and O–H groups in total. The molecule has 1 saturated heterocycles. The normalized spacial score (nSPS) is 23.5. The van der Waals surface area contributed by atoms with E-state index in [1.165, 1.54) is 0 Å². The first kappa shape index (κ1) is 31.5. The average molecular weight is 813 g/mol. The maximum absolute atomic E-state index is 16.2. The largest absolute Gasteiger partial charge is 0.395 e. The number of aliphatic hydroxyl groups is 1. The van der Waals surface area contributed by atoms with Crippen molar-refractivity contribution in [3.05, 3.63) is 96.6 Å². The highest BCUT2D eigenvalue weighted by Crippen LogP contribution is 2.60. The molecular formula is C32H35FI2N2O4Si. The minimum Gasteiger partial charge on any atom is -0.395 e. The van der Waals surface area contributed by atoms with E-state index in [2.05, 4.69) is 45.2 Å². The van der Waals surface area contributed by atoms with E-state index < -0.39 is 31.6 Å². The molecule has 2 heterocycles. The Morgan fingerprint density at radius 3 is 2.36 bits per heavy atom. The number of ether oxygens (including phenoxy) is 1. The minimum absolute atomic E-state index is 0.0619. The molecule has 2 amide bonds. The van der Waals surface area contributed by atoms with E-state index in [1.54, 1.807) is 22.9 Å². The van der Waals surface area contributed by atoms with Crippen molar-refractivity contribution in [2.75, 3.05) is 18.1 Å². The number of anilines is 1. The number of benzene rings is 3. The van der Waals surface area contributed by atoms with Crippen LogP contribution in [0.4, 0.5) is 9.80 Å². The number of carbonyl (C=O) groups excluding carboxylic acids is 2. The lowest BCUT2D eigenvalue weighted by molar-refractivity contribution is -0.150. The van der Waals surface area contributed by atoms with Crippen LogP contribution in [-0.4, -0.2) is 49.5 Å². The van der Waals surface area contributed by atoms with Gasteiger partial charge in [-0.25, -0.2) is 0 Å². The monoisotopic (exact) mass is 812 g/mol. The summed E-state index contributed by atoms with van der Waals surface area (Å²) < 4.78 is 25.1. The first-order valence-corrected chi connectivity index (χ1v) is 19.2. The molecule has 0 radical (unpaired) electrons. The van der Waals surface area contributed by atoms with Gasteiger partial charge >= 0.3 is 0 Å². The van der Waals surface area contributed by atoms with Gasteiger partial charge in [-0.1, -0.05) is 49.4 Å². The molecule has 0 aromatic heterocycles. The fraction of sp³-hybridized carbons (Fsp3) is 0.375. The number of aliphatic hydroxyl groups excluding tert-OH is 1. The fourth-order valence-corrected chi connectivity index (χ4v) is 10.0. The summed E-state index contributed by atoms with van der Waals surface area (Å²) in [5, 5.41) is 9.72. The zero-order valence-electron chi connectivity index (χ0n) is 23.9. The Labute approximate surface area is 275 Å². The van der Waals surface area contributed by atoms with Crippen LogP contribution < -0.4 is 4.90 Å². The van der Waals surface area contributed by atoms with E-state index in [0.717, 1.165) is 29.5 Å². The SMILES string of the molecule is C[C@H]1[C@H]([Si](C)(C)F)[C@@H](CC(=O)N(CCO)Cc2ccccc2)O[C@]12C(=O)N(Cc1ccc(I)cc1)c1ccc(I)cc12. The van der Waals surface area contributed by atoms with Crippen LogP contribution in [0.1, 0.15) is 30.0 Å². The smallest absolute Gasteiger partial charge is 0.264 e. The number of halogens is 3. The third-order valence-corrected chi connectivity index (χ3v) is 12.3. The molecule has 0 bridgehead atoms. The quantitative estimate of drug-likeness (QED) is 0.150. The Balaban J connectivity index is 1.50. The van der Waals surface area contributed by atoms with Crippen LogP contribution in [0.25, 0.3) is 0 Å². The van der Waals surface area contributed by atoms with E-state index in [4.69, 9.17) is 4.74 Å². The predicted octanol–water partition coefficient (Wildman–Crippen LogP) is 6.63. The average Bonchev–Trinajstić information content (AvgIpc) is 3.36. The Hall–Kier alpha value is -1.87. The maximum atomic E-state index is 16.2. The molecule has 5 rings (SSSR count).